The third kappa shape index (κ3) is 5.85. The van der Waals surface area contributed by atoms with Crippen LogP contribution < -0.4 is 4.74 Å². The van der Waals surface area contributed by atoms with E-state index in [1.165, 1.54) is 6.26 Å². The van der Waals surface area contributed by atoms with Gasteiger partial charge in [-0.25, -0.2) is 13.4 Å². The highest BCUT2D eigenvalue weighted by molar-refractivity contribution is 7.90. The van der Waals surface area contributed by atoms with E-state index in [-0.39, 0.29) is 30.5 Å². The van der Waals surface area contributed by atoms with Crippen molar-refractivity contribution in [3.05, 3.63) is 64.8 Å². The van der Waals surface area contributed by atoms with Crippen molar-refractivity contribution in [2.24, 2.45) is 0 Å². The SMILES string of the molecule is CS(=O)(=O)CCOC1Cc2cc(Cl)ccc2-n2c(nnc2[C@H]2CC[C@H](Oc3ccccn3)CC2)C1. The van der Waals surface area contributed by atoms with Crippen LogP contribution in [0.15, 0.2) is 42.6 Å². The van der Waals surface area contributed by atoms with Crippen molar-refractivity contribution in [2.75, 3.05) is 18.6 Å². The van der Waals surface area contributed by atoms with Crippen LogP contribution in [0, 0.1) is 0 Å². The van der Waals surface area contributed by atoms with Gasteiger partial charge in [0, 0.05) is 42.3 Å². The van der Waals surface area contributed by atoms with Gasteiger partial charge in [0.25, 0.3) is 0 Å². The van der Waals surface area contributed by atoms with E-state index in [0.717, 1.165) is 48.6 Å². The lowest BCUT2D eigenvalue weighted by molar-refractivity contribution is 0.0643. The molecule has 186 valence electrons. The summed E-state index contributed by atoms with van der Waals surface area (Å²) in [5.74, 6) is 2.72. The summed E-state index contributed by atoms with van der Waals surface area (Å²) in [5, 5.41) is 9.83. The maximum Gasteiger partial charge on any atom is 0.213 e. The van der Waals surface area contributed by atoms with Crippen molar-refractivity contribution in [3.8, 4) is 11.6 Å². The average Bonchev–Trinajstić information content (AvgIpc) is 3.16. The molecule has 1 aliphatic carbocycles. The number of hydrogen-bond acceptors (Lipinski definition) is 7. The number of sulfone groups is 1. The van der Waals surface area contributed by atoms with Crippen LogP contribution in [0.2, 0.25) is 5.02 Å². The van der Waals surface area contributed by atoms with E-state index in [4.69, 9.17) is 21.1 Å². The minimum atomic E-state index is -3.09. The smallest absolute Gasteiger partial charge is 0.213 e. The first-order valence-corrected chi connectivity index (χ1v) is 14.4. The van der Waals surface area contributed by atoms with Crippen LogP contribution in [0.25, 0.3) is 5.69 Å². The number of aromatic nitrogens is 4. The van der Waals surface area contributed by atoms with Crippen molar-refractivity contribution in [3.63, 3.8) is 0 Å². The Hall–Kier alpha value is -2.49. The van der Waals surface area contributed by atoms with E-state index in [2.05, 4.69) is 19.7 Å². The Kier molecular flexibility index (Phi) is 7.09. The third-order valence-corrected chi connectivity index (χ3v) is 7.81. The summed E-state index contributed by atoms with van der Waals surface area (Å²) in [5.41, 5.74) is 2.07. The van der Waals surface area contributed by atoms with Crippen LogP contribution >= 0.6 is 11.6 Å². The molecule has 2 aliphatic rings. The second-order valence-electron chi connectivity index (χ2n) is 9.37. The lowest BCUT2D eigenvalue weighted by atomic mass is 9.86. The molecular formula is C25H29ClN4O4S. The zero-order valence-electron chi connectivity index (χ0n) is 19.6. The number of hydrogen-bond donors (Lipinski definition) is 0. The first-order chi connectivity index (χ1) is 16.9. The standard InChI is InChI=1S/C25H29ClN4O4S/c1-35(31,32)13-12-33-21-15-18-14-19(26)7-10-22(18)30-23(16-21)28-29-25(30)17-5-8-20(9-6-17)34-24-4-2-3-11-27-24/h2-4,7,10-11,14,17,20-21H,5-6,8-9,12-13,15-16H2,1H3/t17-,20-,21?. The molecule has 10 heteroatoms. The lowest BCUT2D eigenvalue weighted by Gasteiger charge is -2.28. The van der Waals surface area contributed by atoms with Gasteiger partial charge in [-0.2, -0.15) is 0 Å². The summed E-state index contributed by atoms with van der Waals surface area (Å²) in [7, 11) is -3.09. The monoisotopic (exact) mass is 516 g/mol. The Balaban J connectivity index is 1.35. The normalized spacial score (nSPS) is 22.2. The van der Waals surface area contributed by atoms with Crippen molar-refractivity contribution in [2.45, 2.75) is 56.7 Å². The van der Waals surface area contributed by atoms with Gasteiger partial charge in [0.15, 0.2) is 0 Å². The van der Waals surface area contributed by atoms with Gasteiger partial charge in [-0.1, -0.05) is 17.7 Å². The number of pyridine rings is 1. The molecule has 1 atom stereocenters. The van der Waals surface area contributed by atoms with Crippen molar-refractivity contribution >= 4 is 21.4 Å². The fraction of sp³-hybridized carbons (Fsp3) is 0.480. The van der Waals surface area contributed by atoms with Crippen molar-refractivity contribution < 1.29 is 17.9 Å². The van der Waals surface area contributed by atoms with Gasteiger partial charge in [0.05, 0.1) is 24.2 Å². The van der Waals surface area contributed by atoms with E-state index < -0.39 is 9.84 Å². The van der Waals surface area contributed by atoms with Gasteiger partial charge >= 0.3 is 0 Å². The zero-order valence-corrected chi connectivity index (χ0v) is 21.2. The topological polar surface area (TPSA) is 96.2 Å². The second-order valence-corrected chi connectivity index (χ2v) is 12.1. The fourth-order valence-electron chi connectivity index (χ4n) is 4.96. The van der Waals surface area contributed by atoms with Crippen molar-refractivity contribution in [1.29, 1.82) is 0 Å². The lowest BCUT2D eigenvalue weighted by Crippen LogP contribution is -2.25. The molecule has 8 nitrogen and oxygen atoms in total. The minimum absolute atomic E-state index is 0.00629. The molecule has 0 amide bonds. The fourth-order valence-corrected chi connectivity index (χ4v) is 5.55. The molecule has 35 heavy (non-hydrogen) atoms. The second kappa shape index (κ2) is 10.2. The Morgan fingerprint density at radius 3 is 2.63 bits per heavy atom. The van der Waals surface area contributed by atoms with Gasteiger partial charge in [0.1, 0.15) is 27.6 Å². The first-order valence-electron chi connectivity index (χ1n) is 12.0. The van der Waals surface area contributed by atoms with E-state index in [1.54, 1.807) is 6.20 Å². The molecule has 0 N–H and O–H groups in total. The van der Waals surface area contributed by atoms with Crippen LogP contribution in [0.3, 0.4) is 0 Å². The first kappa shape index (κ1) is 24.2. The molecule has 1 unspecified atom stereocenters. The number of fused-ring (bicyclic) bond motifs is 3. The van der Waals surface area contributed by atoms with Gasteiger partial charge in [-0.15, -0.1) is 10.2 Å². The zero-order chi connectivity index (χ0) is 24.4. The predicted molar refractivity (Wildman–Crippen MR) is 133 cm³/mol. The van der Waals surface area contributed by atoms with Crippen LogP contribution in [-0.2, 0) is 27.4 Å². The summed E-state index contributed by atoms with van der Waals surface area (Å²) in [4.78, 5) is 4.28. The average molecular weight is 517 g/mol. The number of halogens is 1. The number of ether oxygens (including phenoxy) is 2. The number of benzene rings is 1. The van der Waals surface area contributed by atoms with Gasteiger partial charge in [-0.05, 0) is 55.5 Å². The number of nitrogens with zero attached hydrogens (tertiary/aromatic N) is 4. The van der Waals surface area contributed by atoms with Crippen LogP contribution in [0.5, 0.6) is 5.88 Å². The van der Waals surface area contributed by atoms with Gasteiger partial charge in [0.2, 0.25) is 5.88 Å². The molecule has 1 saturated carbocycles. The highest BCUT2D eigenvalue weighted by atomic mass is 35.5. The molecule has 3 aromatic rings. The molecule has 1 fully saturated rings. The Bertz CT molecular complexity index is 1270. The molecule has 0 saturated heterocycles. The molecular weight excluding hydrogens is 488 g/mol. The molecule has 5 rings (SSSR count). The Morgan fingerprint density at radius 2 is 1.89 bits per heavy atom. The van der Waals surface area contributed by atoms with E-state index in [9.17, 15) is 8.42 Å². The predicted octanol–water partition coefficient (Wildman–Crippen LogP) is 3.95. The maximum absolute atomic E-state index is 11.5. The highest BCUT2D eigenvalue weighted by Gasteiger charge is 2.32. The van der Waals surface area contributed by atoms with Crippen LogP contribution in [-0.4, -0.2) is 59.0 Å². The Morgan fingerprint density at radius 1 is 1.06 bits per heavy atom. The highest BCUT2D eigenvalue weighted by Crippen LogP contribution is 2.37. The molecule has 0 bridgehead atoms. The summed E-state index contributed by atoms with van der Waals surface area (Å²) in [6, 6.07) is 11.6. The number of rotatable bonds is 7. The molecule has 1 aromatic carbocycles. The molecule has 0 spiro atoms. The summed E-state index contributed by atoms with van der Waals surface area (Å²) in [6.45, 7) is 0.153. The van der Waals surface area contributed by atoms with E-state index in [1.807, 2.05) is 36.4 Å². The molecule has 0 radical (unpaired) electrons. The van der Waals surface area contributed by atoms with E-state index in [0.29, 0.717) is 23.7 Å². The quantitative estimate of drug-likeness (QED) is 0.469. The van der Waals surface area contributed by atoms with E-state index >= 15 is 0 Å². The largest absolute Gasteiger partial charge is 0.474 e. The maximum atomic E-state index is 11.5. The summed E-state index contributed by atoms with van der Waals surface area (Å²) < 4.78 is 37.3. The van der Waals surface area contributed by atoms with Gasteiger partial charge < -0.3 is 9.47 Å². The van der Waals surface area contributed by atoms with Crippen molar-refractivity contribution in [1.82, 2.24) is 19.7 Å². The Labute approximate surface area is 210 Å². The van der Waals surface area contributed by atoms with Crippen LogP contribution in [0.4, 0.5) is 0 Å². The molecule has 2 aromatic heterocycles. The van der Waals surface area contributed by atoms with Gasteiger partial charge in [-0.3, -0.25) is 4.57 Å². The summed E-state index contributed by atoms with van der Waals surface area (Å²) in [6.07, 6.45) is 7.85. The van der Waals surface area contributed by atoms with Crippen LogP contribution in [0.1, 0.15) is 48.8 Å². The minimum Gasteiger partial charge on any atom is -0.474 e. The summed E-state index contributed by atoms with van der Waals surface area (Å²) >= 11 is 6.33. The molecule has 3 heterocycles. The molecule has 1 aliphatic heterocycles. The third-order valence-electron chi connectivity index (χ3n) is 6.67.